The molecule has 9 nitrogen and oxygen atoms in total. The number of anilines is 1. The van der Waals surface area contributed by atoms with E-state index in [1.54, 1.807) is 12.1 Å². The summed E-state index contributed by atoms with van der Waals surface area (Å²) in [6.07, 6.45) is 0. The Morgan fingerprint density at radius 3 is 2.43 bits per heavy atom. The van der Waals surface area contributed by atoms with Gasteiger partial charge in [-0.05, 0) is 23.8 Å². The molecule has 3 rings (SSSR count). The average Bonchev–Trinajstić information content (AvgIpc) is 2.78. The predicted octanol–water partition coefficient (Wildman–Crippen LogP) is 1.15. The lowest BCUT2D eigenvalue weighted by Gasteiger charge is -2.26. The summed E-state index contributed by atoms with van der Waals surface area (Å²) in [5.74, 6) is -0.467. The molecule has 2 aromatic carbocycles. The first kappa shape index (κ1) is 21.8. The maximum atomic E-state index is 12.7. The van der Waals surface area contributed by atoms with E-state index in [1.165, 1.54) is 16.4 Å². The Bertz CT molecular complexity index is 976. The molecule has 1 fully saturated rings. The molecular weight excluding hydrogens is 408 g/mol. The number of nitrogens with one attached hydrogen (secondary N) is 3. The zero-order valence-corrected chi connectivity index (χ0v) is 17.2. The number of ether oxygens (including phenoxy) is 1. The van der Waals surface area contributed by atoms with E-state index >= 15 is 0 Å². The van der Waals surface area contributed by atoms with Gasteiger partial charge in [0.25, 0.3) is 0 Å². The first-order valence-electron chi connectivity index (χ1n) is 9.48. The quantitative estimate of drug-likeness (QED) is 0.607. The maximum Gasteiger partial charge on any atom is 0.315 e. The molecule has 0 radical (unpaired) electrons. The van der Waals surface area contributed by atoms with E-state index in [2.05, 4.69) is 16.0 Å². The van der Waals surface area contributed by atoms with Crippen LogP contribution < -0.4 is 16.0 Å². The van der Waals surface area contributed by atoms with Crippen LogP contribution in [0.4, 0.5) is 10.5 Å². The normalized spacial score (nSPS) is 14.7. The molecule has 3 N–H and O–H groups in total. The van der Waals surface area contributed by atoms with Crippen LogP contribution in [0.5, 0.6) is 0 Å². The van der Waals surface area contributed by atoms with Crippen LogP contribution in [-0.4, -0.2) is 57.5 Å². The molecule has 0 bridgehead atoms. The minimum atomic E-state index is -3.66. The van der Waals surface area contributed by atoms with Gasteiger partial charge >= 0.3 is 6.03 Å². The Morgan fingerprint density at radius 2 is 1.70 bits per heavy atom. The summed E-state index contributed by atoms with van der Waals surface area (Å²) in [6.45, 7) is 1.39. The van der Waals surface area contributed by atoms with E-state index < -0.39 is 22.0 Å². The molecule has 0 unspecified atom stereocenters. The third-order valence-electron chi connectivity index (χ3n) is 4.43. The molecule has 0 atom stereocenters. The second kappa shape index (κ2) is 10.2. The maximum absolute atomic E-state index is 12.7. The highest BCUT2D eigenvalue weighted by molar-refractivity contribution is 7.89. The summed E-state index contributed by atoms with van der Waals surface area (Å²) in [6, 6.07) is 14.9. The van der Waals surface area contributed by atoms with Gasteiger partial charge in [0.05, 0.1) is 24.7 Å². The van der Waals surface area contributed by atoms with Gasteiger partial charge in [0.1, 0.15) is 0 Å². The highest BCUT2D eigenvalue weighted by atomic mass is 32.2. The largest absolute Gasteiger partial charge is 0.379 e. The van der Waals surface area contributed by atoms with Gasteiger partial charge in [-0.1, -0.05) is 36.4 Å². The fraction of sp³-hybridized carbons (Fsp3) is 0.300. The van der Waals surface area contributed by atoms with Crippen molar-refractivity contribution in [2.24, 2.45) is 0 Å². The fourth-order valence-corrected chi connectivity index (χ4v) is 4.33. The van der Waals surface area contributed by atoms with Crippen molar-refractivity contribution in [1.29, 1.82) is 0 Å². The lowest BCUT2D eigenvalue weighted by Crippen LogP contribution is -2.40. The number of carbonyl (C=O) groups is 2. The highest BCUT2D eigenvalue weighted by Crippen LogP contribution is 2.20. The van der Waals surface area contributed by atoms with Gasteiger partial charge in [-0.2, -0.15) is 4.31 Å². The monoisotopic (exact) mass is 432 g/mol. The Kier molecular flexibility index (Phi) is 7.39. The highest BCUT2D eigenvalue weighted by Gasteiger charge is 2.26. The van der Waals surface area contributed by atoms with Crippen molar-refractivity contribution < 1.29 is 22.7 Å². The lowest BCUT2D eigenvalue weighted by molar-refractivity contribution is -0.115. The van der Waals surface area contributed by atoms with Crippen LogP contribution >= 0.6 is 0 Å². The lowest BCUT2D eigenvalue weighted by atomic mass is 10.2. The van der Waals surface area contributed by atoms with Crippen LogP contribution in [0.2, 0.25) is 0 Å². The first-order chi connectivity index (χ1) is 14.4. The molecule has 0 spiro atoms. The molecule has 30 heavy (non-hydrogen) atoms. The minimum Gasteiger partial charge on any atom is -0.379 e. The molecule has 1 heterocycles. The number of amides is 3. The third kappa shape index (κ3) is 6.02. The predicted molar refractivity (Wildman–Crippen MR) is 111 cm³/mol. The molecule has 2 aromatic rings. The molecule has 0 aliphatic carbocycles. The molecule has 160 valence electrons. The van der Waals surface area contributed by atoms with Crippen molar-refractivity contribution in [3.8, 4) is 0 Å². The molecule has 1 aliphatic heterocycles. The number of rotatable bonds is 7. The minimum absolute atomic E-state index is 0.0933. The summed E-state index contributed by atoms with van der Waals surface area (Å²) < 4.78 is 32.0. The number of urea groups is 1. The van der Waals surface area contributed by atoms with E-state index in [0.29, 0.717) is 38.5 Å². The molecule has 0 aromatic heterocycles. The van der Waals surface area contributed by atoms with Crippen LogP contribution in [0.15, 0.2) is 59.5 Å². The van der Waals surface area contributed by atoms with Crippen LogP contribution in [0.1, 0.15) is 5.56 Å². The summed E-state index contributed by atoms with van der Waals surface area (Å²) in [7, 11) is -3.66. The standard InChI is InChI=1S/C20H24N4O5S/c25-19(15-22-20(26)21-14-16-5-2-1-3-6-16)23-17-7-4-8-18(13-17)30(27,28)24-9-11-29-12-10-24/h1-8,13H,9-12,14-15H2,(H,23,25)(H2,21,22,26). The van der Waals surface area contributed by atoms with Crippen molar-refractivity contribution >= 4 is 27.6 Å². The molecule has 10 heteroatoms. The van der Waals surface area contributed by atoms with Gasteiger partial charge in [-0.15, -0.1) is 0 Å². The molecule has 1 aliphatic rings. The molecule has 1 saturated heterocycles. The van der Waals surface area contributed by atoms with Crippen molar-refractivity contribution in [3.05, 3.63) is 60.2 Å². The van der Waals surface area contributed by atoms with Crippen molar-refractivity contribution in [2.45, 2.75) is 11.4 Å². The zero-order chi connectivity index (χ0) is 21.4. The van der Waals surface area contributed by atoms with Crippen molar-refractivity contribution in [1.82, 2.24) is 14.9 Å². The Hall–Kier alpha value is -2.95. The number of morpholine rings is 1. The Morgan fingerprint density at radius 1 is 0.967 bits per heavy atom. The van der Waals surface area contributed by atoms with Crippen LogP contribution in [-0.2, 0) is 26.1 Å². The van der Waals surface area contributed by atoms with Crippen LogP contribution in [0.3, 0.4) is 0 Å². The van der Waals surface area contributed by atoms with Crippen molar-refractivity contribution in [2.75, 3.05) is 38.2 Å². The first-order valence-corrected chi connectivity index (χ1v) is 10.9. The van der Waals surface area contributed by atoms with Crippen LogP contribution in [0, 0.1) is 0 Å². The van der Waals surface area contributed by atoms with Gasteiger partial charge in [-0.3, -0.25) is 4.79 Å². The number of nitrogens with zero attached hydrogens (tertiary/aromatic N) is 1. The third-order valence-corrected chi connectivity index (χ3v) is 6.33. The molecule has 3 amide bonds. The SMILES string of the molecule is O=C(CNC(=O)NCc1ccccc1)Nc1cccc(S(=O)(=O)N2CCOCC2)c1. The van der Waals surface area contributed by atoms with E-state index in [1.807, 2.05) is 30.3 Å². The van der Waals surface area contributed by atoms with E-state index in [9.17, 15) is 18.0 Å². The van der Waals surface area contributed by atoms with Crippen LogP contribution in [0.25, 0.3) is 0 Å². The van der Waals surface area contributed by atoms with E-state index in [4.69, 9.17) is 4.74 Å². The molecule has 0 saturated carbocycles. The van der Waals surface area contributed by atoms with Gasteiger partial charge < -0.3 is 20.7 Å². The Labute approximate surface area is 175 Å². The number of carbonyl (C=O) groups excluding carboxylic acids is 2. The van der Waals surface area contributed by atoms with Gasteiger partial charge in [0.15, 0.2) is 0 Å². The van der Waals surface area contributed by atoms with Gasteiger partial charge in [0, 0.05) is 25.3 Å². The average molecular weight is 433 g/mol. The number of hydrogen-bond donors (Lipinski definition) is 3. The topological polar surface area (TPSA) is 117 Å². The molecular formula is C20H24N4O5S. The second-order valence-electron chi connectivity index (χ2n) is 6.61. The summed E-state index contributed by atoms with van der Waals surface area (Å²) in [5.41, 5.74) is 1.27. The Balaban J connectivity index is 1.50. The fourth-order valence-electron chi connectivity index (χ4n) is 2.88. The second-order valence-corrected chi connectivity index (χ2v) is 8.55. The van der Waals surface area contributed by atoms with Crippen molar-refractivity contribution in [3.63, 3.8) is 0 Å². The number of sulfonamides is 1. The number of benzene rings is 2. The van der Waals surface area contributed by atoms with Gasteiger partial charge in [-0.25, -0.2) is 13.2 Å². The number of hydrogen-bond acceptors (Lipinski definition) is 5. The van der Waals surface area contributed by atoms with E-state index in [-0.39, 0.29) is 11.4 Å². The summed E-state index contributed by atoms with van der Waals surface area (Å²) in [5, 5.41) is 7.72. The summed E-state index contributed by atoms with van der Waals surface area (Å²) in [4.78, 5) is 24.1. The smallest absolute Gasteiger partial charge is 0.315 e. The van der Waals surface area contributed by atoms with E-state index in [0.717, 1.165) is 5.56 Å². The van der Waals surface area contributed by atoms with Gasteiger partial charge in [0.2, 0.25) is 15.9 Å². The zero-order valence-electron chi connectivity index (χ0n) is 16.3. The summed E-state index contributed by atoms with van der Waals surface area (Å²) >= 11 is 0.